The van der Waals surface area contributed by atoms with Crippen LogP contribution in [0.4, 0.5) is 0 Å². The molecule has 1 aliphatic rings. The quantitative estimate of drug-likeness (QED) is 0.651. The van der Waals surface area contributed by atoms with Gasteiger partial charge in [-0.1, -0.05) is 48.0 Å². The van der Waals surface area contributed by atoms with Crippen LogP contribution in [0, 0.1) is 11.3 Å². The standard InChI is InChI=1S/C18H36O2S/c1-8-16(4,5)14-11-12-15(18(19,13-14)20-7)21-17(6,9-2)10-3/h14-15,19H,8-13H2,1-7H3/t14?,15?,18-/m1/s1. The van der Waals surface area contributed by atoms with Crippen LogP contribution in [0.1, 0.15) is 80.1 Å². The Kier molecular flexibility index (Phi) is 6.65. The molecule has 0 spiro atoms. The third kappa shape index (κ3) is 4.39. The van der Waals surface area contributed by atoms with Crippen LogP contribution in [0.2, 0.25) is 0 Å². The van der Waals surface area contributed by atoms with E-state index in [1.807, 2.05) is 11.8 Å². The summed E-state index contributed by atoms with van der Waals surface area (Å²) in [6.45, 7) is 13.7. The highest BCUT2D eigenvalue weighted by Crippen LogP contribution is 2.50. The zero-order valence-electron chi connectivity index (χ0n) is 15.2. The lowest BCUT2D eigenvalue weighted by atomic mass is 9.68. The van der Waals surface area contributed by atoms with E-state index in [9.17, 15) is 5.11 Å². The summed E-state index contributed by atoms with van der Waals surface area (Å²) >= 11 is 1.94. The van der Waals surface area contributed by atoms with Gasteiger partial charge in [0.05, 0.1) is 5.25 Å². The van der Waals surface area contributed by atoms with Gasteiger partial charge in [0, 0.05) is 18.3 Å². The number of ether oxygens (including phenoxy) is 1. The molecule has 0 heterocycles. The van der Waals surface area contributed by atoms with E-state index in [1.165, 1.54) is 6.42 Å². The molecule has 0 amide bonds. The van der Waals surface area contributed by atoms with Gasteiger partial charge in [-0.15, -0.1) is 11.8 Å². The highest BCUT2D eigenvalue weighted by atomic mass is 32.2. The van der Waals surface area contributed by atoms with Gasteiger partial charge in [0.15, 0.2) is 5.79 Å². The molecule has 0 bridgehead atoms. The zero-order valence-corrected chi connectivity index (χ0v) is 16.0. The fraction of sp³-hybridized carbons (Fsp3) is 1.00. The molecule has 0 radical (unpaired) electrons. The van der Waals surface area contributed by atoms with Gasteiger partial charge in [0.1, 0.15) is 0 Å². The Balaban J connectivity index is 2.86. The minimum atomic E-state index is -0.967. The van der Waals surface area contributed by atoms with Crippen molar-refractivity contribution in [2.75, 3.05) is 7.11 Å². The van der Waals surface area contributed by atoms with Crippen molar-refractivity contribution in [3.8, 4) is 0 Å². The monoisotopic (exact) mass is 316 g/mol. The summed E-state index contributed by atoms with van der Waals surface area (Å²) in [5.41, 5.74) is 0.279. The Labute approximate surface area is 136 Å². The van der Waals surface area contributed by atoms with Crippen LogP contribution in [-0.4, -0.2) is 28.0 Å². The molecule has 0 aromatic heterocycles. The van der Waals surface area contributed by atoms with Gasteiger partial charge < -0.3 is 9.84 Å². The first-order valence-electron chi connectivity index (χ1n) is 8.61. The number of hydrogen-bond donors (Lipinski definition) is 1. The second-order valence-electron chi connectivity index (χ2n) is 7.63. The Morgan fingerprint density at radius 1 is 1.10 bits per heavy atom. The fourth-order valence-corrected chi connectivity index (χ4v) is 4.90. The average molecular weight is 317 g/mol. The first-order chi connectivity index (χ1) is 9.66. The van der Waals surface area contributed by atoms with Crippen LogP contribution in [0.3, 0.4) is 0 Å². The normalized spacial score (nSPS) is 31.4. The molecule has 1 N–H and O–H groups in total. The zero-order chi connectivity index (χ0) is 16.3. The molecule has 2 nitrogen and oxygen atoms in total. The summed E-state index contributed by atoms with van der Waals surface area (Å²) in [7, 11) is 1.67. The number of rotatable bonds is 7. The highest BCUT2D eigenvalue weighted by Gasteiger charge is 2.48. The first-order valence-corrected chi connectivity index (χ1v) is 9.49. The molecular weight excluding hydrogens is 280 g/mol. The molecule has 1 saturated carbocycles. The third-order valence-corrected chi connectivity index (χ3v) is 8.15. The van der Waals surface area contributed by atoms with Gasteiger partial charge in [-0.2, -0.15) is 0 Å². The van der Waals surface area contributed by atoms with E-state index in [2.05, 4.69) is 41.5 Å². The van der Waals surface area contributed by atoms with Crippen LogP contribution >= 0.6 is 11.8 Å². The maximum atomic E-state index is 11.1. The predicted octanol–water partition coefficient (Wildman–Crippen LogP) is 5.24. The Morgan fingerprint density at radius 3 is 2.10 bits per heavy atom. The maximum absolute atomic E-state index is 11.1. The summed E-state index contributed by atoms with van der Waals surface area (Å²) < 4.78 is 5.87. The van der Waals surface area contributed by atoms with Crippen molar-refractivity contribution in [3.63, 3.8) is 0 Å². The van der Waals surface area contributed by atoms with E-state index >= 15 is 0 Å². The van der Waals surface area contributed by atoms with Gasteiger partial charge in [0.2, 0.25) is 0 Å². The van der Waals surface area contributed by atoms with Crippen LogP contribution in [-0.2, 0) is 4.74 Å². The number of thioether (sulfide) groups is 1. The Hall–Kier alpha value is 0.270. The maximum Gasteiger partial charge on any atom is 0.177 e. The van der Waals surface area contributed by atoms with Crippen molar-refractivity contribution in [2.24, 2.45) is 11.3 Å². The molecule has 1 rings (SSSR count). The first kappa shape index (κ1) is 19.3. The van der Waals surface area contributed by atoms with Gasteiger partial charge in [-0.05, 0) is 37.0 Å². The van der Waals surface area contributed by atoms with Crippen molar-refractivity contribution in [1.29, 1.82) is 0 Å². The van der Waals surface area contributed by atoms with Crippen LogP contribution in [0.25, 0.3) is 0 Å². The van der Waals surface area contributed by atoms with Crippen molar-refractivity contribution in [2.45, 2.75) is 95.9 Å². The van der Waals surface area contributed by atoms with Gasteiger partial charge in [0.25, 0.3) is 0 Å². The Morgan fingerprint density at radius 2 is 1.67 bits per heavy atom. The Bertz CT molecular complexity index is 325. The lowest BCUT2D eigenvalue weighted by Crippen LogP contribution is -2.51. The summed E-state index contributed by atoms with van der Waals surface area (Å²) in [6, 6.07) is 0. The van der Waals surface area contributed by atoms with Crippen molar-refractivity contribution < 1.29 is 9.84 Å². The number of methoxy groups -OCH3 is 1. The van der Waals surface area contributed by atoms with Crippen LogP contribution < -0.4 is 0 Å². The van der Waals surface area contributed by atoms with Gasteiger partial charge >= 0.3 is 0 Å². The second kappa shape index (κ2) is 7.23. The molecule has 3 atom stereocenters. The molecule has 0 aromatic carbocycles. The molecule has 0 saturated heterocycles. The van der Waals surface area contributed by atoms with E-state index in [0.717, 1.165) is 32.1 Å². The average Bonchev–Trinajstić information content (AvgIpc) is 2.49. The van der Waals surface area contributed by atoms with E-state index in [-0.39, 0.29) is 15.4 Å². The molecule has 1 aliphatic carbocycles. The highest BCUT2D eigenvalue weighted by molar-refractivity contribution is 8.01. The predicted molar refractivity (Wildman–Crippen MR) is 93.7 cm³/mol. The van der Waals surface area contributed by atoms with E-state index < -0.39 is 5.79 Å². The SMILES string of the molecule is CCC(C)(CC)SC1CCC(C(C)(C)CC)C[C@@]1(O)OC. The second-order valence-corrected chi connectivity index (χ2v) is 9.42. The molecule has 0 aliphatic heterocycles. The van der Waals surface area contributed by atoms with Gasteiger partial charge in [-0.25, -0.2) is 0 Å². The van der Waals surface area contributed by atoms with E-state index in [4.69, 9.17) is 4.74 Å². The molecule has 21 heavy (non-hydrogen) atoms. The lowest BCUT2D eigenvalue weighted by molar-refractivity contribution is -0.214. The largest absolute Gasteiger partial charge is 0.365 e. The number of aliphatic hydroxyl groups is 1. The molecule has 0 aromatic rings. The van der Waals surface area contributed by atoms with Crippen LogP contribution in [0.5, 0.6) is 0 Å². The molecule has 2 unspecified atom stereocenters. The van der Waals surface area contributed by atoms with Crippen molar-refractivity contribution in [1.82, 2.24) is 0 Å². The number of hydrogen-bond acceptors (Lipinski definition) is 3. The topological polar surface area (TPSA) is 29.5 Å². The third-order valence-electron chi connectivity index (χ3n) is 6.11. The molecule has 1 fully saturated rings. The molecule has 126 valence electrons. The van der Waals surface area contributed by atoms with Crippen molar-refractivity contribution in [3.05, 3.63) is 0 Å². The minimum Gasteiger partial charge on any atom is -0.365 e. The summed E-state index contributed by atoms with van der Waals surface area (Å²) in [5.74, 6) is -0.426. The summed E-state index contributed by atoms with van der Waals surface area (Å²) in [5, 5.41) is 11.3. The van der Waals surface area contributed by atoms with E-state index in [0.29, 0.717) is 5.92 Å². The van der Waals surface area contributed by atoms with Crippen LogP contribution in [0.15, 0.2) is 0 Å². The minimum absolute atomic E-state index is 0.191. The summed E-state index contributed by atoms with van der Waals surface area (Å²) in [4.78, 5) is 0. The summed E-state index contributed by atoms with van der Waals surface area (Å²) in [6.07, 6.45) is 6.44. The fourth-order valence-electron chi connectivity index (χ4n) is 3.25. The van der Waals surface area contributed by atoms with Gasteiger partial charge in [-0.3, -0.25) is 0 Å². The molecular formula is C18H36O2S. The molecule has 3 heteroatoms. The van der Waals surface area contributed by atoms with E-state index in [1.54, 1.807) is 7.11 Å². The van der Waals surface area contributed by atoms with Crippen molar-refractivity contribution >= 4 is 11.8 Å². The smallest absolute Gasteiger partial charge is 0.177 e. The lowest BCUT2D eigenvalue weighted by Gasteiger charge is -2.48.